The molecule has 0 saturated carbocycles. The Hall–Kier alpha value is -3.14. The molecule has 0 aromatic heterocycles. The Kier molecular flexibility index (Phi) is 7.02. The van der Waals surface area contributed by atoms with Crippen molar-refractivity contribution in [3.63, 3.8) is 0 Å². The molecule has 24 heavy (non-hydrogen) atoms. The average Bonchev–Trinajstić information content (AvgIpc) is 2.63. The number of nitrogens with zero attached hydrogens (tertiary/aromatic N) is 5. The molecule has 0 aliphatic rings. The first kappa shape index (κ1) is 17.2. The van der Waals surface area contributed by atoms with E-state index < -0.39 is 0 Å². The zero-order valence-electron chi connectivity index (χ0n) is 12.7. The van der Waals surface area contributed by atoms with E-state index in [1.54, 1.807) is 18.2 Å². The van der Waals surface area contributed by atoms with Crippen molar-refractivity contribution in [2.24, 2.45) is 15.3 Å². The molecule has 6 heteroatoms. The van der Waals surface area contributed by atoms with Crippen LogP contribution in [0.5, 0.6) is 0 Å². The van der Waals surface area contributed by atoms with Crippen molar-refractivity contribution >= 4 is 28.7 Å². The molecule has 0 atom stereocenters. The van der Waals surface area contributed by atoms with E-state index in [4.69, 9.17) is 17.1 Å². The van der Waals surface area contributed by atoms with E-state index in [0.717, 1.165) is 10.7 Å². The number of hydrogen-bond acceptors (Lipinski definition) is 3. The average molecular weight is 336 g/mol. The third-order valence-corrected chi connectivity index (χ3v) is 3.05. The third-order valence-electron chi connectivity index (χ3n) is 2.80. The van der Waals surface area contributed by atoms with Crippen molar-refractivity contribution in [1.29, 1.82) is 0 Å². The topological polar surface area (TPSA) is 73.5 Å². The second-order valence-corrected chi connectivity index (χ2v) is 4.95. The van der Waals surface area contributed by atoms with Crippen molar-refractivity contribution in [1.82, 2.24) is 0 Å². The Morgan fingerprint density at radius 3 is 1.75 bits per heavy atom. The van der Waals surface area contributed by atoms with E-state index in [2.05, 4.69) is 20.3 Å². The van der Waals surface area contributed by atoms with Crippen molar-refractivity contribution in [2.75, 3.05) is 0 Å². The van der Waals surface area contributed by atoms with Gasteiger partial charge in [-0.1, -0.05) is 71.3 Å². The van der Waals surface area contributed by atoms with Crippen LogP contribution in [0.15, 0.2) is 100 Å². The molecule has 0 saturated heterocycles. The fraction of sp³-hybridized carbons (Fsp3) is 0. The lowest BCUT2D eigenvalue weighted by Gasteiger charge is -1.96. The molecule has 3 rings (SSSR count). The molecule has 0 radical (unpaired) electrons. The second-order valence-electron chi connectivity index (χ2n) is 4.51. The smallest absolute Gasteiger partial charge is 0.0952 e. The number of benzene rings is 3. The number of hydrogen-bond donors (Lipinski definition) is 0. The Bertz CT molecular complexity index is 828. The van der Waals surface area contributed by atoms with Gasteiger partial charge in [-0.2, -0.15) is 10.2 Å². The van der Waals surface area contributed by atoms with Gasteiger partial charge in [0.15, 0.2) is 0 Å². The van der Waals surface area contributed by atoms with Crippen LogP contribution in [0.4, 0.5) is 17.1 Å². The third kappa shape index (κ3) is 5.93. The van der Waals surface area contributed by atoms with Crippen molar-refractivity contribution in [2.45, 2.75) is 0 Å². The lowest BCUT2D eigenvalue weighted by molar-refractivity contribution is 1.22. The molecule has 118 valence electrons. The van der Waals surface area contributed by atoms with Crippen molar-refractivity contribution in [3.05, 3.63) is 100 Å². The van der Waals surface area contributed by atoms with Gasteiger partial charge in [0.25, 0.3) is 0 Å². The molecule has 5 nitrogen and oxygen atoms in total. The van der Waals surface area contributed by atoms with Gasteiger partial charge in [0.05, 0.1) is 17.1 Å². The lowest BCUT2D eigenvalue weighted by Crippen LogP contribution is -1.66. The van der Waals surface area contributed by atoms with Crippen LogP contribution in [-0.2, 0) is 0 Å². The summed E-state index contributed by atoms with van der Waals surface area (Å²) < 4.78 is 0. The molecule has 0 amide bonds. The van der Waals surface area contributed by atoms with E-state index in [1.165, 1.54) is 0 Å². The van der Waals surface area contributed by atoms with Gasteiger partial charge >= 0.3 is 0 Å². The van der Waals surface area contributed by atoms with Crippen LogP contribution >= 0.6 is 11.6 Å². The van der Waals surface area contributed by atoms with Crippen LogP contribution in [0.1, 0.15) is 0 Å². The Labute approximate surface area is 144 Å². The SMILES string of the molecule is Clc1ccccc1.[N-]=[N+]=Nc1ccccc1N=Nc1ccccc1. The number of azo groups is 1. The molecular formula is C18H14ClN5. The first-order chi connectivity index (χ1) is 11.8. The standard InChI is InChI=1S/C12H9N5.C6H5Cl/c13-17-16-12-9-5-4-8-11(12)15-14-10-6-2-1-3-7-10;7-6-4-2-1-3-5-6/h1-9H;1-5H. The van der Waals surface area contributed by atoms with Crippen LogP contribution < -0.4 is 0 Å². The minimum absolute atomic E-state index is 0.467. The van der Waals surface area contributed by atoms with Crippen LogP contribution in [0.25, 0.3) is 10.4 Å². The first-order valence-electron chi connectivity index (χ1n) is 7.11. The molecule has 0 N–H and O–H groups in total. The normalized spacial score (nSPS) is 9.71. The maximum absolute atomic E-state index is 8.42. The minimum Gasteiger partial charge on any atom is -0.151 e. The van der Waals surface area contributed by atoms with Gasteiger partial charge in [-0.05, 0) is 35.9 Å². The zero-order valence-corrected chi connectivity index (χ0v) is 13.5. The van der Waals surface area contributed by atoms with Gasteiger partial charge < -0.3 is 0 Å². The van der Waals surface area contributed by atoms with Crippen LogP contribution in [0, 0.1) is 0 Å². The maximum Gasteiger partial charge on any atom is 0.0952 e. The van der Waals surface area contributed by atoms with Crippen LogP contribution in [0.2, 0.25) is 5.02 Å². The first-order valence-corrected chi connectivity index (χ1v) is 7.49. The molecule has 3 aromatic rings. The quantitative estimate of drug-likeness (QED) is 0.272. The van der Waals surface area contributed by atoms with Gasteiger partial charge in [0.1, 0.15) is 0 Å². The summed E-state index contributed by atoms with van der Waals surface area (Å²) >= 11 is 5.54. The monoisotopic (exact) mass is 335 g/mol. The highest BCUT2D eigenvalue weighted by Gasteiger charge is 1.96. The van der Waals surface area contributed by atoms with Gasteiger partial charge in [0.2, 0.25) is 0 Å². The van der Waals surface area contributed by atoms with E-state index in [0.29, 0.717) is 11.4 Å². The van der Waals surface area contributed by atoms with Gasteiger partial charge in [-0.25, -0.2) is 0 Å². The predicted molar refractivity (Wildman–Crippen MR) is 97.3 cm³/mol. The molecule has 0 heterocycles. The van der Waals surface area contributed by atoms with Gasteiger partial charge in [-0.3, -0.25) is 0 Å². The molecule has 0 fully saturated rings. The highest BCUT2D eigenvalue weighted by molar-refractivity contribution is 6.30. The Morgan fingerprint density at radius 1 is 0.667 bits per heavy atom. The van der Waals surface area contributed by atoms with E-state index >= 15 is 0 Å². The highest BCUT2D eigenvalue weighted by atomic mass is 35.5. The summed E-state index contributed by atoms with van der Waals surface area (Å²) in [5.74, 6) is 0. The zero-order chi connectivity index (χ0) is 17.0. The van der Waals surface area contributed by atoms with Gasteiger partial charge in [-0.15, -0.1) is 0 Å². The summed E-state index contributed by atoms with van der Waals surface area (Å²) in [6.45, 7) is 0. The lowest BCUT2D eigenvalue weighted by atomic mass is 10.3. The maximum atomic E-state index is 8.42. The largest absolute Gasteiger partial charge is 0.151 e. The number of azide groups is 1. The molecule has 3 aromatic carbocycles. The van der Waals surface area contributed by atoms with Crippen molar-refractivity contribution < 1.29 is 0 Å². The van der Waals surface area contributed by atoms with E-state index in [1.807, 2.05) is 66.7 Å². The summed E-state index contributed by atoms with van der Waals surface area (Å²) in [7, 11) is 0. The van der Waals surface area contributed by atoms with Crippen LogP contribution in [0.3, 0.4) is 0 Å². The summed E-state index contributed by atoms with van der Waals surface area (Å²) in [5.41, 5.74) is 10.2. The molecule has 0 aliphatic carbocycles. The fourth-order valence-electron chi connectivity index (χ4n) is 1.70. The number of halogens is 1. The van der Waals surface area contributed by atoms with Crippen molar-refractivity contribution in [3.8, 4) is 0 Å². The van der Waals surface area contributed by atoms with E-state index in [-0.39, 0.29) is 0 Å². The molecule has 0 spiro atoms. The summed E-state index contributed by atoms with van der Waals surface area (Å²) in [5, 5.41) is 12.5. The number of rotatable bonds is 3. The molecule has 0 aliphatic heterocycles. The fourth-order valence-corrected chi connectivity index (χ4v) is 1.85. The Morgan fingerprint density at radius 2 is 1.21 bits per heavy atom. The molecular weight excluding hydrogens is 322 g/mol. The van der Waals surface area contributed by atoms with Crippen LogP contribution in [-0.4, -0.2) is 0 Å². The summed E-state index contributed by atoms with van der Waals surface area (Å²) in [6.07, 6.45) is 0. The predicted octanol–water partition coefficient (Wildman–Crippen LogP) is 7.38. The second kappa shape index (κ2) is 9.79. The minimum atomic E-state index is 0.467. The Balaban J connectivity index is 0.000000249. The summed E-state index contributed by atoms with van der Waals surface area (Å²) in [6, 6.07) is 25.9. The van der Waals surface area contributed by atoms with Gasteiger partial charge in [0, 0.05) is 9.93 Å². The van der Waals surface area contributed by atoms with E-state index in [9.17, 15) is 0 Å². The summed E-state index contributed by atoms with van der Waals surface area (Å²) in [4.78, 5) is 2.74. The molecule has 0 unspecified atom stereocenters. The molecule has 0 bridgehead atoms. The highest BCUT2D eigenvalue weighted by Crippen LogP contribution is 2.28.